The number of urea groups is 1. The highest BCUT2D eigenvalue weighted by Crippen LogP contribution is 2.22. The number of aryl methyl sites for hydroxylation is 1. The second-order valence-corrected chi connectivity index (χ2v) is 9.23. The number of anilines is 1. The Morgan fingerprint density at radius 3 is 2.45 bits per heavy atom. The van der Waals surface area contributed by atoms with Crippen molar-refractivity contribution in [1.82, 2.24) is 19.8 Å². The maximum atomic E-state index is 13.8. The number of piperidine rings is 1. The van der Waals surface area contributed by atoms with Gasteiger partial charge in [-0.25, -0.2) is 19.0 Å². The van der Waals surface area contributed by atoms with E-state index in [2.05, 4.69) is 15.3 Å². The maximum absolute atomic E-state index is 13.8. The van der Waals surface area contributed by atoms with E-state index in [9.17, 15) is 14.0 Å². The summed E-state index contributed by atoms with van der Waals surface area (Å²) in [5.74, 6) is -0.00298. The van der Waals surface area contributed by atoms with Crippen LogP contribution in [-0.4, -0.2) is 63.7 Å². The molecule has 2 heterocycles. The molecule has 1 aliphatic rings. The van der Waals surface area contributed by atoms with Crippen LogP contribution in [-0.2, 0) is 11.2 Å². The van der Waals surface area contributed by atoms with Gasteiger partial charge in [0.15, 0.2) is 5.82 Å². The van der Waals surface area contributed by atoms with Gasteiger partial charge in [0, 0.05) is 31.7 Å². The van der Waals surface area contributed by atoms with Crippen molar-refractivity contribution in [2.24, 2.45) is 0 Å². The molecule has 0 radical (unpaired) electrons. The number of halogens is 1. The molecule has 0 atom stereocenters. The first-order valence-corrected chi connectivity index (χ1v) is 11.2. The molecule has 2 aromatic rings. The Kier molecular flexibility index (Phi) is 7.50. The molecule has 1 aliphatic heterocycles. The van der Waals surface area contributed by atoms with Crippen molar-refractivity contribution in [1.29, 1.82) is 0 Å². The van der Waals surface area contributed by atoms with E-state index in [0.29, 0.717) is 43.0 Å². The quantitative estimate of drug-likeness (QED) is 0.719. The average molecular weight is 458 g/mol. The van der Waals surface area contributed by atoms with Crippen molar-refractivity contribution in [3.05, 3.63) is 42.0 Å². The van der Waals surface area contributed by atoms with E-state index >= 15 is 0 Å². The minimum Gasteiger partial charge on any atom is -0.444 e. The van der Waals surface area contributed by atoms with Crippen molar-refractivity contribution < 1.29 is 18.7 Å². The van der Waals surface area contributed by atoms with Crippen LogP contribution >= 0.6 is 0 Å². The van der Waals surface area contributed by atoms with Gasteiger partial charge < -0.3 is 14.5 Å². The van der Waals surface area contributed by atoms with Gasteiger partial charge >= 0.3 is 12.1 Å². The topological polar surface area (TPSA) is 87.7 Å². The summed E-state index contributed by atoms with van der Waals surface area (Å²) in [4.78, 5) is 36.8. The summed E-state index contributed by atoms with van der Waals surface area (Å²) in [5, 5.41) is 2.75. The molecule has 8 nitrogen and oxygen atoms in total. The molecule has 1 aromatic heterocycles. The molecule has 0 bridgehead atoms. The number of ether oxygens (including phenoxy) is 1. The Hall–Kier alpha value is -3.23. The molecule has 9 heteroatoms. The van der Waals surface area contributed by atoms with E-state index in [1.165, 1.54) is 24.5 Å². The molecule has 0 aliphatic carbocycles. The van der Waals surface area contributed by atoms with Crippen molar-refractivity contribution in [2.75, 3.05) is 25.5 Å². The van der Waals surface area contributed by atoms with Crippen LogP contribution in [0.1, 0.15) is 46.1 Å². The first-order chi connectivity index (χ1) is 15.6. The van der Waals surface area contributed by atoms with Crippen molar-refractivity contribution in [2.45, 2.75) is 58.6 Å². The molecule has 1 N–H and O–H groups in total. The number of carbonyl (C=O) groups is 2. The van der Waals surface area contributed by atoms with Crippen molar-refractivity contribution in [3.63, 3.8) is 0 Å². The lowest BCUT2D eigenvalue weighted by Gasteiger charge is -2.37. The number of nitrogens with zero attached hydrogens (tertiary/aromatic N) is 4. The van der Waals surface area contributed by atoms with E-state index in [1.54, 1.807) is 16.8 Å². The van der Waals surface area contributed by atoms with Crippen LogP contribution in [0.5, 0.6) is 0 Å². The lowest BCUT2D eigenvalue weighted by atomic mass is 10.0. The average Bonchev–Trinajstić information content (AvgIpc) is 2.77. The third kappa shape index (κ3) is 6.63. The van der Waals surface area contributed by atoms with Crippen LogP contribution in [0.2, 0.25) is 0 Å². The number of hydrogen-bond acceptors (Lipinski definition) is 5. The van der Waals surface area contributed by atoms with Crippen LogP contribution in [0.15, 0.2) is 30.6 Å². The fraction of sp³-hybridized carbons (Fsp3) is 0.500. The molecule has 178 valence electrons. The highest BCUT2D eigenvalue weighted by molar-refractivity contribution is 5.88. The molecule has 1 aromatic carbocycles. The third-order valence-corrected chi connectivity index (χ3v) is 5.53. The summed E-state index contributed by atoms with van der Waals surface area (Å²) >= 11 is 0. The zero-order valence-corrected chi connectivity index (χ0v) is 19.9. The third-order valence-electron chi connectivity index (χ3n) is 5.53. The van der Waals surface area contributed by atoms with Gasteiger partial charge in [-0.05, 0) is 63.8 Å². The maximum Gasteiger partial charge on any atom is 0.410 e. The highest BCUT2D eigenvalue weighted by Gasteiger charge is 2.30. The van der Waals surface area contributed by atoms with Gasteiger partial charge in [-0.3, -0.25) is 10.3 Å². The van der Waals surface area contributed by atoms with Crippen LogP contribution in [0, 0.1) is 5.82 Å². The van der Waals surface area contributed by atoms with E-state index in [1.807, 2.05) is 33.8 Å². The van der Waals surface area contributed by atoms with Gasteiger partial charge in [0.05, 0.1) is 18.1 Å². The fourth-order valence-electron chi connectivity index (χ4n) is 3.67. The Morgan fingerprint density at radius 2 is 1.88 bits per heavy atom. The van der Waals surface area contributed by atoms with Crippen LogP contribution in [0.4, 0.5) is 19.8 Å². The van der Waals surface area contributed by atoms with Gasteiger partial charge in [-0.15, -0.1) is 0 Å². The summed E-state index contributed by atoms with van der Waals surface area (Å²) in [6, 6.07) is 4.49. The molecular formula is C24H32FN5O3. The van der Waals surface area contributed by atoms with Gasteiger partial charge in [0.25, 0.3) is 0 Å². The number of rotatable bonds is 4. The molecule has 0 saturated carbocycles. The Morgan fingerprint density at radius 1 is 1.18 bits per heavy atom. The zero-order valence-electron chi connectivity index (χ0n) is 19.9. The van der Waals surface area contributed by atoms with Gasteiger partial charge in [-0.1, -0.05) is 6.92 Å². The predicted molar refractivity (Wildman–Crippen MR) is 124 cm³/mol. The summed E-state index contributed by atoms with van der Waals surface area (Å²) < 4.78 is 19.2. The minimum absolute atomic E-state index is 0.00400. The second-order valence-electron chi connectivity index (χ2n) is 9.23. The number of hydrogen-bond donors (Lipinski definition) is 1. The van der Waals surface area contributed by atoms with Gasteiger partial charge in [-0.2, -0.15) is 0 Å². The number of carbonyl (C=O) groups excluding carboxylic acids is 2. The lowest BCUT2D eigenvalue weighted by Crippen LogP contribution is -2.49. The Balaban J connectivity index is 1.55. The monoisotopic (exact) mass is 457 g/mol. The number of amides is 3. The molecule has 0 spiro atoms. The second kappa shape index (κ2) is 10.1. The Labute approximate surface area is 194 Å². The number of likely N-dealkylation sites (tertiary alicyclic amines) is 1. The van der Waals surface area contributed by atoms with E-state index in [-0.39, 0.29) is 24.0 Å². The number of nitrogens with one attached hydrogen (secondary N) is 1. The lowest BCUT2D eigenvalue weighted by molar-refractivity contribution is 0.0174. The van der Waals surface area contributed by atoms with Crippen LogP contribution in [0.3, 0.4) is 0 Å². The number of aromatic nitrogens is 2. The summed E-state index contributed by atoms with van der Waals surface area (Å²) in [5.41, 5.74) is 1.52. The molecular weight excluding hydrogens is 425 g/mol. The molecule has 3 amide bonds. The van der Waals surface area contributed by atoms with E-state index < -0.39 is 5.60 Å². The van der Waals surface area contributed by atoms with Crippen LogP contribution < -0.4 is 5.32 Å². The normalized spacial score (nSPS) is 14.7. The highest BCUT2D eigenvalue weighted by atomic mass is 19.1. The molecule has 1 saturated heterocycles. The van der Waals surface area contributed by atoms with Crippen LogP contribution in [0.25, 0.3) is 11.3 Å². The van der Waals surface area contributed by atoms with Gasteiger partial charge in [0.2, 0.25) is 0 Å². The zero-order chi connectivity index (χ0) is 24.2. The predicted octanol–water partition coefficient (Wildman–Crippen LogP) is 4.71. The molecule has 33 heavy (non-hydrogen) atoms. The number of benzene rings is 1. The van der Waals surface area contributed by atoms with Gasteiger partial charge in [0.1, 0.15) is 11.4 Å². The summed E-state index contributed by atoms with van der Waals surface area (Å²) in [7, 11) is 1.73. The summed E-state index contributed by atoms with van der Waals surface area (Å²) in [6.45, 7) is 8.53. The first kappa shape index (κ1) is 24.4. The largest absolute Gasteiger partial charge is 0.444 e. The smallest absolute Gasteiger partial charge is 0.410 e. The molecule has 0 unspecified atom stereocenters. The Bertz CT molecular complexity index is 983. The minimum atomic E-state index is -0.534. The SMILES string of the molecule is CCc1cc(F)cc(-c2cnc(NC(=O)N(C)C3CCN(C(=O)OC(C)(C)C)CC3)cn2)c1. The molecule has 3 rings (SSSR count). The van der Waals surface area contributed by atoms with Crippen molar-refractivity contribution in [3.8, 4) is 11.3 Å². The standard InChI is InChI=1S/C24H32FN5O3/c1-6-16-11-17(13-18(25)12-16)20-14-27-21(15-26-20)28-22(31)29(5)19-7-9-30(10-8-19)23(32)33-24(2,3)4/h11-15,19H,6-10H2,1-5H3,(H,27,28,31). The van der Waals surface area contributed by atoms with E-state index in [0.717, 1.165) is 12.0 Å². The summed E-state index contributed by atoms with van der Waals surface area (Å²) in [6.07, 6.45) is 4.69. The first-order valence-electron chi connectivity index (χ1n) is 11.2. The van der Waals surface area contributed by atoms with E-state index in [4.69, 9.17) is 4.74 Å². The van der Waals surface area contributed by atoms with Crippen molar-refractivity contribution >= 4 is 17.9 Å². The fourth-order valence-corrected chi connectivity index (χ4v) is 3.67. The molecule has 1 fully saturated rings.